The van der Waals surface area contributed by atoms with Crippen LogP contribution in [0, 0.1) is 0 Å². The van der Waals surface area contributed by atoms with Crippen molar-refractivity contribution in [2.45, 2.75) is 56.8 Å². The van der Waals surface area contributed by atoms with E-state index < -0.39 is 35.7 Å². The summed E-state index contributed by atoms with van der Waals surface area (Å²) in [5.74, 6) is -3.76. The summed E-state index contributed by atoms with van der Waals surface area (Å²) in [5.41, 5.74) is 6.11. The fourth-order valence-corrected chi connectivity index (χ4v) is 4.89. The average Bonchev–Trinajstić information content (AvgIpc) is 3.33. The average molecular weight is 473 g/mol. The monoisotopic (exact) mass is 473 g/mol. The Labute approximate surface area is 183 Å². The van der Waals surface area contributed by atoms with Crippen LogP contribution in [0.5, 0.6) is 0 Å². The van der Waals surface area contributed by atoms with Crippen molar-refractivity contribution < 1.29 is 26.7 Å². The van der Waals surface area contributed by atoms with E-state index in [0.29, 0.717) is 30.4 Å². The Morgan fingerprint density at radius 1 is 1.34 bits per heavy atom. The first-order valence-electron chi connectivity index (χ1n) is 9.99. The molecular weight excluding hydrogens is 453 g/mol. The van der Waals surface area contributed by atoms with Crippen LogP contribution in [0.3, 0.4) is 0 Å². The zero-order valence-electron chi connectivity index (χ0n) is 16.9. The number of fused-ring (bicyclic) bond motifs is 1. The molecule has 3 N–H and O–H groups in total. The van der Waals surface area contributed by atoms with Crippen molar-refractivity contribution in [2.24, 2.45) is 5.73 Å². The number of halogens is 5. The van der Waals surface area contributed by atoms with Crippen molar-refractivity contribution in [3.63, 3.8) is 0 Å². The van der Waals surface area contributed by atoms with E-state index in [2.05, 4.69) is 15.4 Å². The summed E-state index contributed by atoms with van der Waals surface area (Å²) in [6, 6.07) is -0.778. The number of hydrogen-bond acceptors (Lipinski definition) is 5. The molecular formula is C20H20F5N5OS. The molecule has 1 saturated carbocycles. The number of alkyl halides is 5. The van der Waals surface area contributed by atoms with Gasteiger partial charge in [0.05, 0.1) is 16.6 Å². The van der Waals surface area contributed by atoms with Gasteiger partial charge in [0.25, 0.3) is 11.8 Å². The van der Waals surface area contributed by atoms with Gasteiger partial charge in [-0.1, -0.05) is 6.92 Å². The Bertz CT molecular complexity index is 1160. The Hall–Kier alpha value is -2.60. The molecule has 0 bridgehead atoms. The van der Waals surface area contributed by atoms with Crippen molar-refractivity contribution in [2.75, 3.05) is 0 Å². The highest BCUT2D eigenvalue weighted by Gasteiger charge is 2.46. The SMILES string of the molecule is CCc1sc(C(=O)N[C@@H]2[C@@H](N)CCCC2(F)F)cc1-c1cnn2cc(C(F)(F)F)cnc12. The summed E-state index contributed by atoms with van der Waals surface area (Å²) in [4.78, 5) is 17.6. The molecule has 0 unspecified atom stereocenters. The van der Waals surface area contributed by atoms with Crippen LogP contribution in [-0.4, -0.2) is 38.5 Å². The predicted molar refractivity (Wildman–Crippen MR) is 109 cm³/mol. The second-order valence-corrected chi connectivity index (χ2v) is 8.87. The first kappa shape index (κ1) is 22.6. The molecule has 6 nitrogen and oxygen atoms in total. The molecule has 1 amide bonds. The van der Waals surface area contributed by atoms with Gasteiger partial charge < -0.3 is 11.1 Å². The molecule has 3 aromatic rings. The Balaban J connectivity index is 1.66. The molecule has 1 fully saturated rings. The van der Waals surface area contributed by atoms with Crippen molar-refractivity contribution >= 4 is 22.9 Å². The van der Waals surface area contributed by atoms with E-state index in [1.54, 1.807) is 0 Å². The molecule has 1 aliphatic rings. The minimum Gasteiger partial charge on any atom is -0.341 e. The number of aromatic nitrogens is 3. The third-order valence-electron chi connectivity index (χ3n) is 5.55. The van der Waals surface area contributed by atoms with E-state index in [0.717, 1.165) is 33.1 Å². The molecule has 12 heteroatoms. The van der Waals surface area contributed by atoms with E-state index in [9.17, 15) is 26.7 Å². The zero-order valence-corrected chi connectivity index (χ0v) is 17.7. The van der Waals surface area contributed by atoms with Crippen LogP contribution >= 0.6 is 11.3 Å². The number of hydrogen-bond donors (Lipinski definition) is 2. The highest BCUT2D eigenvalue weighted by molar-refractivity contribution is 7.14. The summed E-state index contributed by atoms with van der Waals surface area (Å²) in [5, 5.41) is 6.35. The number of thiophene rings is 1. The molecule has 0 aliphatic heterocycles. The molecule has 2 atom stereocenters. The minimum absolute atomic E-state index is 0.193. The zero-order chi connectivity index (χ0) is 23.3. The lowest BCUT2D eigenvalue weighted by molar-refractivity contribution is -0.138. The maximum Gasteiger partial charge on any atom is 0.419 e. The number of carbonyl (C=O) groups is 1. The fraction of sp³-hybridized carbons (Fsp3) is 0.450. The molecule has 172 valence electrons. The summed E-state index contributed by atoms with van der Waals surface area (Å²) in [6.45, 7) is 1.85. The second kappa shape index (κ2) is 8.07. The predicted octanol–water partition coefficient (Wildman–Crippen LogP) is 4.28. The standard InChI is InChI=1S/C20H20F5N5OS/c1-2-14-11(12-8-28-30-9-10(20(23,24)25)7-27-17(12)30)6-15(32-14)18(31)29-16-13(26)4-3-5-19(16,21)22/h6-9,13,16H,2-5,26H2,1H3,(H,29,31)/t13-,16+/m0/s1. The minimum atomic E-state index is -4.56. The largest absolute Gasteiger partial charge is 0.419 e. The number of nitrogens with zero attached hydrogens (tertiary/aromatic N) is 3. The molecule has 0 aromatic carbocycles. The smallest absolute Gasteiger partial charge is 0.341 e. The van der Waals surface area contributed by atoms with Crippen LogP contribution < -0.4 is 11.1 Å². The number of amides is 1. The van der Waals surface area contributed by atoms with E-state index in [1.165, 1.54) is 12.3 Å². The van der Waals surface area contributed by atoms with Gasteiger partial charge in [0.1, 0.15) is 6.04 Å². The first-order valence-corrected chi connectivity index (χ1v) is 10.8. The number of nitrogens with two attached hydrogens (primary N) is 1. The van der Waals surface area contributed by atoms with Crippen molar-refractivity contribution in [3.05, 3.63) is 40.0 Å². The van der Waals surface area contributed by atoms with Crippen LogP contribution in [0.25, 0.3) is 16.8 Å². The lowest BCUT2D eigenvalue weighted by Crippen LogP contribution is -2.59. The van der Waals surface area contributed by atoms with Crippen molar-refractivity contribution in [3.8, 4) is 11.1 Å². The quantitative estimate of drug-likeness (QED) is 0.554. The maximum absolute atomic E-state index is 14.3. The third kappa shape index (κ3) is 4.08. The normalized spacial score (nSPS) is 21.1. The lowest BCUT2D eigenvalue weighted by Gasteiger charge is -2.36. The van der Waals surface area contributed by atoms with Crippen LogP contribution in [-0.2, 0) is 12.6 Å². The van der Waals surface area contributed by atoms with Gasteiger partial charge in [0.15, 0.2) is 5.65 Å². The molecule has 0 saturated heterocycles. The lowest BCUT2D eigenvalue weighted by atomic mass is 9.87. The summed E-state index contributed by atoms with van der Waals surface area (Å²) in [6.07, 6.45) is -0.761. The van der Waals surface area contributed by atoms with Crippen molar-refractivity contribution in [1.29, 1.82) is 0 Å². The molecule has 3 heterocycles. The van der Waals surface area contributed by atoms with Gasteiger partial charge >= 0.3 is 6.18 Å². The summed E-state index contributed by atoms with van der Waals surface area (Å²) < 4.78 is 68.4. The second-order valence-electron chi connectivity index (χ2n) is 7.74. The number of nitrogens with one attached hydrogen (secondary N) is 1. The Morgan fingerprint density at radius 2 is 2.09 bits per heavy atom. The van der Waals surface area contributed by atoms with Gasteiger partial charge in [0.2, 0.25) is 0 Å². The number of aryl methyl sites for hydroxylation is 1. The van der Waals surface area contributed by atoms with Crippen molar-refractivity contribution in [1.82, 2.24) is 19.9 Å². The van der Waals surface area contributed by atoms with Crippen LogP contribution in [0.4, 0.5) is 22.0 Å². The van der Waals surface area contributed by atoms with Gasteiger partial charge in [-0.05, 0) is 25.3 Å². The Morgan fingerprint density at radius 3 is 2.75 bits per heavy atom. The van der Waals surface area contributed by atoms with Gasteiger partial charge in [0, 0.05) is 40.9 Å². The molecule has 0 radical (unpaired) electrons. The van der Waals surface area contributed by atoms with Gasteiger partial charge in [-0.15, -0.1) is 11.3 Å². The highest BCUT2D eigenvalue weighted by atomic mass is 32.1. The third-order valence-corrected chi connectivity index (χ3v) is 6.82. The van der Waals surface area contributed by atoms with Gasteiger partial charge in [-0.3, -0.25) is 4.79 Å². The summed E-state index contributed by atoms with van der Waals surface area (Å²) >= 11 is 1.13. The van der Waals surface area contributed by atoms with Crippen LogP contribution in [0.1, 0.15) is 46.3 Å². The molecule has 0 spiro atoms. The fourth-order valence-electron chi connectivity index (χ4n) is 3.88. The van der Waals surface area contributed by atoms with Crippen LogP contribution in [0.2, 0.25) is 0 Å². The van der Waals surface area contributed by atoms with E-state index in [4.69, 9.17) is 5.73 Å². The molecule has 32 heavy (non-hydrogen) atoms. The summed E-state index contributed by atoms with van der Waals surface area (Å²) in [7, 11) is 0. The van der Waals surface area contributed by atoms with Crippen LogP contribution in [0.15, 0.2) is 24.7 Å². The maximum atomic E-state index is 14.3. The van der Waals surface area contributed by atoms with E-state index >= 15 is 0 Å². The van der Waals surface area contributed by atoms with E-state index in [1.807, 2.05) is 6.92 Å². The van der Waals surface area contributed by atoms with Gasteiger partial charge in [-0.2, -0.15) is 18.3 Å². The number of carbonyl (C=O) groups excluding carboxylic acids is 1. The molecule has 1 aliphatic carbocycles. The Kier molecular flexibility index (Phi) is 5.70. The molecule has 3 aromatic heterocycles. The molecule has 4 rings (SSSR count). The van der Waals surface area contributed by atoms with Gasteiger partial charge in [-0.25, -0.2) is 18.3 Å². The van der Waals surface area contributed by atoms with E-state index in [-0.39, 0.29) is 16.9 Å². The number of rotatable bonds is 4. The highest BCUT2D eigenvalue weighted by Crippen LogP contribution is 2.37. The first-order chi connectivity index (χ1) is 15.0. The topological polar surface area (TPSA) is 85.3 Å².